The van der Waals surface area contributed by atoms with Crippen molar-refractivity contribution in [1.82, 2.24) is 9.55 Å². The number of hydrogen-bond acceptors (Lipinski definition) is 6. The second-order valence-electron chi connectivity index (χ2n) is 7.46. The fraction of sp³-hybridized carbons (Fsp3) is 0.545. The molecular formula is C22H28N2O5. The zero-order valence-electron chi connectivity index (χ0n) is 16.9. The number of methoxy groups -OCH3 is 1. The smallest absolute Gasteiger partial charge is 0.351 e. The van der Waals surface area contributed by atoms with Gasteiger partial charge in [0.05, 0.1) is 38.2 Å². The minimum Gasteiger partial charge on any atom is -0.477 e. The number of aromatic nitrogens is 2. The molecule has 1 atom stereocenters. The molecule has 3 heterocycles. The summed E-state index contributed by atoms with van der Waals surface area (Å²) in [5, 5.41) is 0. The lowest BCUT2D eigenvalue weighted by Crippen LogP contribution is -2.30. The molecule has 0 aliphatic carbocycles. The SMILES string of the molecule is COCCCc1ccc2c(c1)CCn1c-2cc(OCC[C@H]2COCCO2)nc1=O. The van der Waals surface area contributed by atoms with Crippen molar-refractivity contribution in [1.29, 1.82) is 0 Å². The lowest BCUT2D eigenvalue weighted by Gasteiger charge is -2.23. The van der Waals surface area contributed by atoms with Crippen LogP contribution in [0.25, 0.3) is 11.3 Å². The first-order chi connectivity index (χ1) is 14.2. The van der Waals surface area contributed by atoms with Crippen molar-refractivity contribution < 1.29 is 18.9 Å². The Bertz CT molecular complexity index is 889. The van der Waals surface area contributed by atoms with Gasteiger partial charge in [-0.3, -0.25) is 4.57 Å². The van der Waals surface area contributed by atoms with Crippen LogP contribution < -0.4 is 10.4 Å². The van der Waals surface area contributed by atoms with Crippen LogP contribution in [0.4, 0.5) is 0 Å². The minimum absolute atomic E-state index is 0.0414. The fourth-order valence-corrected chi connectivity index (χ4v) is 3.91. The number of fused-ring (bicyclic) bond motifs is 3. The summed E-state index contributed by atoms with van der Waals surface area (Å²) < 4.78 is 23.7. The standard InChI is InChI=1S/C22H28N2O5/c1-26-9-2-3-16-4-5-19-17(13-16)6-8-24-20(19)14-21(23-22(24)25)29-10-7-18-15-27-11-12-28-18/h4-5,13-14,18H,2-3,6-12,15H2,1H3/t18-/m0/s1. The molecule has 156 valence electrons. The molecule has 0 radical (unpaired) electrons. The number of hydrogen-bond donors (Lipinski definition) is 0. The van der Waals surface area contributed by atoms with E-state index < -0.39 is 0 Å². The lowest BCUT2D eigenvalue weighted by molar-refractivity contribution is -0.0936. The van der Waals surface area contributed by atoms with E-state index in [0.29, 0.717) is 45.3 Å². The van der Waals surface area contributed by atoms with Gasteiger partial charge in [0.25, 0.3) is 0 Å². The normalized spacial score (nSPS) is 18.2. The van der Waals surface area contributed by atoms with E-state index in [0.717, 1.165) is 37.1 Å². The van der Waals surface area contributed by atoms with Crippen LogP contribution in [0.5, 0.6) is 5.88 Å². The number of rotatable bonds is 8. The Labute approximate surface area is 170 Å². The number of ether oxygens (including phenoxy) is 4. The molecule has 1 saturated heterocycles. The predicted octanol–water partition coefficient (Wildman–Crippen LogP) is 2.23. The molecule has 7 nitrogen and oxygen atoms in total. The second-order valence-corrected chi connectivity index (χ2v) is 7.46. The van der Waals surface area contributed by atoms with E-state index in [2.05, 4.69) is 23.2 Å². The molecule has 1 fully saturated rings. The van der Waals surface area contributed by atoms with Gasteiger partial charge in [0.2, 0.25) is 5.88 Å². The third kappa shape index (κ3) is 4.86. The Morgan fingerprint density at radius 3 is 3.00 bits per heavy atom. The van der Waals surface area contributed by atoms with Crippen molar-refractivity contribution in [2.45, 2.75) is 38.3 Å². The van der Waals surface area contributed by atoms with Crippen molar-refractivity contribution >= 4 is 0 Å². The third-order valence-corrected chi connectivity index (χ3v) is 5.43. The van der Waals surface area contributed by atoms with Gasteiger partial charge in [-0.15, -0.1) is 0 Å². The molecule has 0 saturated carbocycles. The molecule has 2 aromatic rings. The van der Waals surface area contributed by atoms with E-state index in [1.807, 2.05) is 6.07 Å². The maximum Gasteiger partial charge on any atom is 0.351 e. The largest absolute Gasteiger partial charge is 0.477 e. The molecule has 2 aliphatic rings. The maximum atomic E-state index is 12.5. The van der Waals surface area contributed by atoms with Gasteiger partial charge in [0.1, 0.15) is 0 Å². The third-order valence-electron chi connectivity index (χ3n) is 5.43. The molecule has 7 heteroatoms. The zero-order chi connectivity index (χ0) is 20.1. The Morgan fingerprint density at radius 1 is 1.24 bits per heavy atom. The van der Waals surface area contributed by atoms with E-state index >= 15 is 0 Å². The van der Waals surface area contributed by atoms with E-state index in [9.17, 15) is 4.79 Å². The summed E-state index contributed by atoms with van der Waals surface area (Å²) in [6, 6.07) is 8.37. The van der Waals surface area contributed by atoms with Crippen molar-refractivity contribution in [2.75, 3.05) is 40.1 Å². The number of benzene rings is 1. The van der Waals surface area contributed by atoms with Crippen molar-refractivity contribution in [3.05, 3.63) is 45.9 Å². The summed E-state index contributed by atoms with van der Waals surface area (Å²) in [7, 11) is 1.73. The number of aryl methyl sites for hydroxylation is 2. The highest BCUT2D eigenvalue weighted by atomic mass is 16.6. The molecule has 0 N–H and O–H groups in total. The van der Waals surface area contributed by atoms with Gasteiger partial charge in [0.15, 0.2) is 0 Å². The van der Waals surface area contributed by atoms with Crippen LogP contribution in [0.3, 0.4) is 0 Å². The highest BCUT2D eigenvalue weighted by Gasteiger charge is 2.20. The van der Waals surface area contributed by atoms with E-state index in [-0.39, 0.29) is 11.8 Å². The molecule has 0 bridgehead atoms. The van der Waals surface area contributed by atoms with E-state index in [4.69, 9.17) is 18.9 Å². The topological polar surface area (TPSA) is 71.8 Å². The summed E-state index contributed by atoms with van der Waals surface area (Å²) in [6.45, 7) is 3.70. The Balaban J connectivity index is 1.48. The average molecular weight is 400 g/mol. The monoisotopic (exact) mass is 400 g/mol. The molecule has 0 spiro atoms. The summed E-state index contributed by atoms with van der Waals surface area (Å²) in [6.07, 6.45) is 3.58. The van der Waals surface area contributed by atoms with Crippen LogP contribution in [-0.2, 0) is 33.6 Å². The van der Waals surface area contributed by atoms with Crippen molar-refractivity contribution in [3.63, 3.8) is 0 Å². The molecule has 1 aromatic carbocycles. The van der Waals surface area contributed by atoms with Gasteiger partial charge < -0.3 is 18.9 Å². The molecular weight excluding hydrogens is 372 g/mol. The first-order valence-electron chi connectivity index (χ1n) is 10.3. The quantitative estimate of drug-likeness (QED) is 0.633. The van der Waals surface area contributed by atoms with Crippen LogP contribution in [-0.4, -0.2) is 55.8 Å². The summed E-state index contributed by atoms with van der Waals surface area (Å²) >= 11 is 0. The first-order valence-corrected chi connectivity index (χ1v) is 10.3. The average Bonchev–Trinajstić information content (AvgIpc) is 2.74. The predicted molar refractivity (Wildman–Crippen MR) is 109 cm³/mol. The molecule has 29 heavy (non-hydrogen) atoms. The summed E-state index contributed by atoms with van der Waals surface area (Å²) in [5.41, 5.74) is 4.27. The maximum absolute atomic E-state index is 12.5. The van der Waals surface area contributed by atoms with Crippen LogP contribution in [0.1, 0.15) is 24.0 Å². The van der Waals surface area contributed by atoms with Gasteiger partial charge in [-0.1, -0.05) is 18.2 Å². The van der Waals surface area contributed by atoms with Crippen LogP contribution in [0, 0.1) is 0 Å². The Kier molecular flexibility index (Phi) is 6.59. The van der Waals surface area contributed by atoms with Gasteiger partial charge in [-0.05, 0) is 30.4 Å². The van der Waals surface area contributed by atoms with Gasteiger partial charge in [-0.25, -0.2) is 4.79 Å². The van der Waals surface area contributed by atoms with Crippen molar-refractivity contribution in [3.8, 4) is 17.1 Å². The Morgan fingerprint density at radius 2 is 2.17 bits per heavy atom. The minimum atomic E-state index is -0.260. The summed E-state index contributed by atoms with van der Waals surface area (Å²) in [4.78, 5) is 16.6. The van der Waals surface area contributed by atoms with Crippen LogP contribution >= 0.6 is 0 Å². The van der Waals surface area contributed by atoms with E-state index in [1.165, 1.54) is 11.1 Å². The van der Waals surface area contributed by atoms with Crippen molar-refractivity contribution in [2.24, 2.45) is 0 Å². The van der Waals surface area contributed by atoms with Gasteiger partial charge in [0, 0.05) is 38.3 Å². The van der Waals surface area contributed by atoms with Crippen LogP contribution in [0.2, 0.25) is 0 Å². The molecule has 0 amide bonds. The first kappa shape index (κ1) is 20.1. The lowest BCUT2D eigenvalue weighted by atomic mass is 9.94. The molecule has 4 rings (SSSR count). The molecule has 1 aromatic heterocycles. The highest BCUT2D eigenvalue weighted by Crippen LogP contribution is 2.30. The fourth-order valence-electron chi connectivity index (χ4n) is 3.91. The zero-order valence-corrected chi connectivity index (χ0v) is 16.9. The number of nitrogens with zero attached hydrogens (tertiary/aromatic N) is 2. The van der Waals surface area contributed by atoms with Gasteiger partial charge in [-0.2, -0.15) is 4.98 Å². The summed E-state index contributed by atoms with van der Waals surface area (Å²) in [5.74, 6) is 0.370. The molecule has 2 aliphatic heterocycles. The Hall–Kier alpha value is -2.22. The molecule has 0 unspecified atom stereocenters. The van der Waals surface area contributed by atoms with Gasteiger partial charge >= 0.3 is 5.69 Å². The highest BCUT2D eigenvalue weighted by molar-refractivity contribution is 5.67. The second kappa shape index (κ2) is 9.52. The van der Waals surface area contributed by atoms with Crippen LogP contribution in [0.15, 0.2) is 29.1 Å². The van der Waals surface area contributed by atoms with E-state index in [1.54, 1.807) is 11.7 Å².